The van der Waals surface area contributed by atoms with Gasteiger partial charge in [-0.2, -0.15) is 0 Å². The number of nitrogens with one attached hydrogen (secondary N) is 1. The Labute approximate surface area is 195 Å². The first-order valence-corrected chi connectivity index (χ1v) is 12.1. The van der Waals surface area contributed by atoms with Crippen LogP contribution in [-0.2, 0) is 14.8 Å². The van der Waals surface area contributed by atoms with E-state index < -0.39 is 22.5 Å². The molecule has 3 aromatic rings. The lowest BCUT2D eigenvalue weighted by molar-refractivity contribution is -0.114. The van der Waals surface area contributed by atoms with Crippen molar-refractivity contribution in [1.29, 1.82) is 0 Å². The summed E-state index contributed by atoms with van der Waals surface area (Å²) in [5.74, 6) is 0.838. The fourth-order valence-electron chi connectivity index (χ4n) is 3.16. The van der Waals surface area contributed by atoms with Gasteiger partial charge in [0.1, 0.15) is 18.0 Å². The Balaban J connectivity index is 1.87. The molecule has 0 aromatic heterocycles. The maximum absolute atomic E-state index is 13.5. The Kier molecular flexibility index (Phi) is 7.95. The highest BCUT2D eigenvalue weighted by atomic mass is 32.2. The Morgan fingerprint density at radius 3 is 1.85 bits per heavy atom. The molecule has 33 heavy (non-hydrogen) atoms. The van der Waals surface area contributed by atoms with Crippen LogP contribution in [-0.4, -0.2) is 34.1 Å². The van der Waals surface area contributed by atoms with Crippen LogP contribution < -0.4 is 19.1 Å². The highest BCUT2D eigenvalue weighted by molar-refractivity contribution is 7.92. The molecule has 7 nitrogen and oxygen atoms in total. The van der Waals surface area contributed by atoms with E-state index in [0.29, 0.717) is 36.1 Å². The van der Waals surface area contributed by atoms with Crippen molar-refractivity contribution in [3.63, 3.8) is 0 Å². The lowest BCUT2D eigenvalue weighted by Gasteiger charge is -2.24. The summed E-state index contributed by atoms with van der Waals surface area (Å²) in [4.78, 5) is 12.9. The van der Waals surface area contributed by atoms with Crippen LogP contribution >= 0.6 is 0 Å². The summed E-state index contributed by atoms with van der Waals surface area (Å²) in [7, 11) is -3.99. The minimum absolute atomic E-state index is 0.107. The van der Waals surface area contributed by atoms with Gasteiger partial charge in [0.15, 0.2) is 0 Å². The topological polar surface area (TPSA) is 84.9 Å². The zero-order chi connectivity index (χ0) is 23.8. The van der Waals surface area contributed by atoms with E-state index in [1.54, 1.807) is 60.7 Å². The molecule has 0 aliphatic rings. The Bertz CT molecular complexity index is 1160. The average Bonchev–Trinajstić information content (AvgIpc) is 2.80. The van der Waals surface area contributed by atoms with Crippen LogP contribution in [0.15, 0.2) is 77.7 Å². The van der Waals surface area contributed by atoms with E-state index in [-0.39, 0.29) is 4.90 Å². The highest BCUT2D eigenvalue weighted by Gasteiger charge is 2.27. The number of carbonyl (C=O) groups is 1. The van der Waals surface area contributed by atoms with Gasteiger partial charge < -0.3 is 14.8 Å². The molecule has 0 saturated heterocycles. The van der Waals surface area contributed by atoms with E-state index in [0.717, 1.165) is 9.87 Å². The lowest BCUT2D eigenvalue weighted by atomic mass is 10.2. The molecule has 174 valence electrons. The molecule has 0 radical (unpaired) electrons. The third kappa shape index (κ3) is 6.26. The third-order valence-corrected chi connectivity index (χ3v) is 6.57. The quantitative estimate of drug-likeness (QED) is 0.469. The van der Waals surface area contributed by atoms with Gasteiger partial charge in [0.05, 0.1) is 23.8 Å². The van der Waals surface area contributed by atoms with Gasteiger partial charge in [-0.25, -0.2) is 8.42 Å². The number of anilines is 2. The summed E-state index contributed by atoms with van der Waals surface area (Å²) < 4.78 is 38.9. The van der Waals surface area contributed by atoms with Crippen LogP contribution in [0.5, 0.6) is 11.5 Å². The van der Waals surface area contributed by atoms with Crippen molar-refractivity contribution in [3.8, 4) is 11.5 Å². The van der Waals surface area contributed by atoms with Crippen molar-refractivity contribution >= 4 is 27.3 Å². The summed E-state index contributed by atoms with van der Waals surface area (Å²) >= 11 is 0. The van der Waals surface area contributed by atoms with E-state index in [1.165, 1.54) is 12.1 Å². The summed E-state index contributed by atoms with van der Waals surface area (Å²) in [6.07, 6.45) is 0. The van der Waals surface area contributed by atoms with E-state index in [2.05, 4.69) is 5.32 Å². The molecule has 3 rings (SSSR count). The molecule has 3 aromatic carbocycles. The molecule has 0 heterocycles. The molecule has 8 heteroatoms. The molecule has 0 spiro atoms. The van der Waals surface area contributed by atoms with Crippen molar-refractivity contribution in [3.05, 3.63) is 78.4 Å². The van der Waals surface area contributed by atoms with Crippen LogP contribution in [0.1, 0.15) is 19.4 Å². The molecule has 0 fully saturated rings. The first-order chi connectivity index (χ1) is 15.8. The van der Waals surface area contributed by atoms with Crippen LogP contribution in [0.2, 0.25) is 0 Å². The van der Waals surface area contributed by atoms with Gasteiger partial charge in [0.2, 0.25) is 5.91 Å². The van der Waals surface area contributed by atoms with Gasteiger partial charge in [0, 0.05) is 5.69 Å². The Morgan fingerprint density at radius 2 is 1.33 bits per heavy atom. The molecule has 0 atom stereocenters. The second-order valence-electron chi connectivity index (χ2n) is 7.26. The van der Waals surface area contributed by atoms with Gasteiger partial charge >= 0.3 is 0 Å². The van der Waals surface area contributed by atoms with E-state index in [4.69, 9.17) is 9.47 Å². The van der Waals surface area contributed by atoms with Crippen LogP contribution in [0.25, 0.3) is 0 Å². The third-order valence-electron chi connectivity index (χ3n) is 4.78. The fourth-order valence-corrected chi connectivity index (χ4v) is 4.58. The second kappa shape index (κ2) is 10.9. The minimum Gasteiger partial charge on any atom is -0.494 e. The van der Waals surface area contributed by atoms with Crippen LogP contribution in [0.4, 0.5) is 11.4 Å². The smallest absolute Gasteiger partial charge is 0.264 e. The number of hydrogen-bond acceptors (Lipinski definition) is 5. The van der Waals surface area contributed by atoms with Gasteiger partial charge in [-0.1, -0.05) is 17.7 Å². The number of benzene rings is 3. The summed E-state index contributed by atoms with van der Waals surface area (Å²) in [5.41, 5.74) is 1.85. The maximum Gasteiger partial charge on any atom is 0.264 e. The normalized spacial score (nSPS) is 11.0. The number of aryl methyl sites for hydroxylation is 1. The van der Waals surface area contributed by atoms with Crippen molar-refractivity contribution in [2.24, 2.45) is 0 Å². The number of carbonyl (C=O) groups excluding carboxylic acids is 1. The molecule has 0 aliphatic carbocycles. The lowest BCUT2D eigenvalue weighted by Crippen LogP contribution is -2.38. The van der Waals surface area contributed by atoms with Crippen molar-refractivity contribution in [2.45, 2.75) is 25.7 Å². The zero-order valence-electron chi connectivity index (χ0n) is 18.9. The number of ether oxygens (including phenoxy) is 2. The molecule has 1 amide bonds. The SMILES string of the molecule is CCOc1ccc(NC(=O)CN(c2ccc(OCC)cc2)S(=O)(=O)c2ccc(C)cc2)cc1. The first kappa shape index (κ1) is 24.1. The van der Waals surface area contributed by atoms with Gasteiger partial charge in [0.25, 0.3) is 10.0 Å². The van der Waals surface area contributed by atoms with Crippen LogP contribution in [0, 0.1) is 6.92 Å². The molecule has 0 bridgehead atoms. The number of amides is 1. The summed E-state index contributed by atoms with van der Waals surface area (Å²) in [6, 6.07) is 20.0. The van der Waals surface area contributed by atoms with E-state index >= 15 is 0 Å². The van der Waals surface area contributed by atoms with Gasteiger partial charge in [-0.15, -0.1) is 0 Å². The van der Waals surface area contributed by atoms with Crippen molar-refractivity contribution in [2.75, 3.05) is 29.4 Å². The summed E-state index contributed by atoms with van der Waals surface area (Å²) in [5, 5.41) is 2.75. The standard InChI is InChI=1S/C25H28N2O5S/c1-4-31-22-12-8-20(9-13-22)26-25(28)18-27(21-10-14-23(15-11-21)32-5-2)33(29,30)24-16-6-19(3)7-17-24/h6-17H,4-5,18H2,1-3H3,(H,26,28). The molecule has 0 saturated carbocycles. The monoisotopic (exact) mass is 468 g/mol. The Morgan fingerprint density at radius 1 is 0.818 bits per heavy atom. The minimum atomic E-state index is -3.99. The van der Waals surface area contributed by atoms with Gasteiger partial charge in [-0.3, -0.25) is 9.10 Å². The van der Waals surface area contributed by atoms with E-state index in [9.17, 15) is 13.2 Å². The highest BCUT2D eigenvalue weighted by Crippen LogP contribution is 2.26. The van der Waals surface area contributed by atoms with Crippen LogP contribution in [0.3, 0.4) is 0 Å². The van der Waals surface area contributed by atoms with Crippen molar-refractivity contribution in [1.82, 2.24) is 0 Å². The largest absolute Gasteiger partial charge is 0.494 e. The second-order valence-corrected chi connectivity index (χ2v) is 9.12. The molecular weight excluding hydrogens is 440 g/mol. The maximum atomic E-state index is 13.5. The number of nitrogens with zero attached hydrogens (tertiary/aromatic N) is 1. The summed E-state index contributed by atoms with van der Waals surface area (Å²) in [6.45, 7) is 6.28. The molecule has 1 N–H and O–H groups in total. The number of sulfonamides is 1. The molecular formula is C25H28N2O5S. The number of rotatable bonds is 10. The van der Waals surface area contributed by atoms with Crippen molar-refractivity contribution < 1.29 is 22.7 Å². The fraction of sp³-hybridized carbons (Fsp3) is 0.240. The molecule has 0 aliphatic heterocycles. The predicted octanol–water partition coefficient (Wildman–Crippen LogP) is 4.63. The van der Waals surface area contributed by atoms with Gasteiger partial charge in [-0.05, 0) is 81.4 Å². The zero-order valence-corrected chi connectivity index (χ0v) is 19.8. The van der Waals surface area contributed by atoms with E-state index in [1.807, 2.05) is 20.8 Å². The first-order valence-electron chi connectivity index (χ1n) is 10.7. The Hall–Kier alpha value is -3.52. The molecule has 0 unspecified atom stereocenters. The number of hydrogen-bond donors (Lipinski definition) is 1. The average molecular weight is 469 g/mol. The predicted molar refractivity (Wildman–Crippen MR) is 130 cm³/mol.